The molecule has 134 valence electrons. The van der Waals surface area contributed by atoms with E-state index in [0.29, 0.717) is 12.3 Å². The lowest BCUT2D eigenvalue weighted by molar-refractivity contribution is -0.130. The summed E-state index contributed by atoms with van der Waals surface area (Å²) < 4.78 is 0. The third kappa shape index (κ3) is 4.34. The monoisotopic (exact) mass is 359 g/mol. The first kappa shape index (κ1) is 17.8. The predicted octanol–water partition coefficient (Wildman–Crippen LogP) is 2.56. The summed E-state index contributed by atoms with van der Waals surface area (Å²) in [5, 5.41) is 2.98. The fourth-order valence-electron chi connectivity index (χ4n) is 2.94. The third-order valence-corrected chi connectivity index (χ3v) is 5.15. The van der Waals surface area contributed by atoms with Gasteiger partial charge in [-0.25, -0.2) is 15.0 Å². The van der Waals surface area contributed by atoms with E-state index in [1.807, 2.05) is 30.2 Å². The van der Waals surface area contributed by atoms with Gasteiger partial charge in [0.1, 0.15) is 11.6 Å². The maximum atomic E-state index is 12.5. The molecule has 3 rings (SSSR count). The molecule has 25 heavy (non-hydrogen) atoms. The molecular formula is C18H25N5OS. The van der Waals surface area contributed by atoms with E-state index in [4.69, 9.17) is 4.98 Å². The van der Waals surface area contributed by atoms with Crippen molar-refractivity contribution in [3.63, 3.8) is 0 Å². The van der Waals surface area contributed by atoms with Crippen molar-refractivity contribution in [3.05, 3.63) is 33.7 Å². The Morgan fingerprint density at radius 3 is 2.48 bits per heavy atom. The molecule has 1 fully saturated rings. The normalized spacial score (nSPS) is 15.1. The number of aryl methyl sites for hydroxylation is 2. The maximum absolute atomic E-state index is 12.5. The molecule has 1 aliphatic heterocycles. The van der Waals surface area contributed by atoms with Crippen LogP contribution >= 0.6 is 11.3 Å². The van der Waals surface area contributed by atoms with Crippen molar-refractivity contribution in [1.82, 2.24) is 19.9 Å². The topological polar surface area (TPSA) is 62.2 Å². The van der Waals surface area contributed by atoms with Crippen LogP contribution in [0.1, 0.15) is 42.0 Å². The van der Waals surface area contributed by atoms with E-state index in [-0.39, 0.29) is 5.91 Å². The number of amides is 1. The van der Waals surface area contributed by atoms with Crippen molar-refractivity contribution >= 4 is 23.1 Å². The number of anilines is 1. The third-order valence-electron chi connectivity index (χ3n) is 4.33. The van der Waals surface area contributed by atoms with Crippen molar-refractivity contribution in [1.29, 1.82) is 0 Å². The minimum absolute atomic E-state index is 0.159. The van der Waals surface area contributed by atoms with Crippen LogP contribution in [0, 0.1) is 13.8 Å². The number of rotatable bonds is 4. The number of aromatic nitrogens is 3. The van der Waals surface area contributed by atoms with Crippen molar-refractivity contribution in [3.8, 4) is 0 Å². The number of hydrogen-bond donors (Lipinski definition) is 0. The Morgan fingerprint density at radius 1 is 1.16 bits per heavy atom. The van der Waals surface area contributed by atoms with E-state index in [2.05, 4.69) is 28.7 Å². The SMILES string of the molecule is Cc1cc(N2CCN(C(=O)Cc3csc(C)n3)CC2)nc(C(C)C)n1. The van der Waals surface area contributed by atoms with Gasteiger partial charge in [0.15, 0.2) is 0 Å². The molecule has 1 amide bonds. The van der Waals surface area contributed by atoms with Gasteiger partial charge in [-0.1, -0.05) is 13.8 Å². The van der Waals surface area contributed by atoms with Crippen LogP contribution in [0.2, 0.25) is 0 Å². The molecule has 0 bridgehead atoms. The zero-order chi connectivity index (χ0) is 18.0. The Labute approximate surface area is 152 Å². The quantitative estimate of drug-likeness (QED) is 0.839. The second kappa shape index (κ2) is 7.47. The van der Waals surface area contributed by atoms with Crippen LogP contribution in [0.15, 0.2) is 11.4 Å². The molecule has 0 saturated carbocycles. The maximum Gasteiger partial charge on any atom is 0.228 e. The molecule has 3 heterocycles. The van der Waals surface area contributed by atoms with Crippen LogP contribution < -0.4 is 4.90 Å². The Bertz CT molecular complexity index is 750. The molecule has 0 aliphatic carbocycles. The highest BCUT2D eigenvalue weighted by molar-refractivity contribution is 7.09. The first-order chi connectivity index (χ1) is 11.9. The number of piperazine rings is 1. The van der Waals surface area contributed by atoms with Crippen LogP contribution in [-0.4, -0.2) is 51.9 Å². The molecule has 2 aromatic heterocycles. The van der Waals surface area contributed by atoms with Crippen LogP contribution in [0.25, 0.3) is 0 Å². The van der Waals surface area contributed by atoms with Crippen molar-refractivity contribution < 1.29 is 4.79 Å². The Kier molecular flexibility index (Phi) is 5.32. The van der Waals surface area contributed by atoms with Crippen molar-refractivity contribution in [2.45, 2.75) is 40.0 Å². The summed E-state index contributed by atoms with van der Waals surface area (Å²) in [7, 11) is 0. The van der Waals surface area contributed by atoms with Crippen LogP contribution in [0.5, 0.6) is 0 Å². The number of carbonyl (C=O) groups excluding carboxylic acids is 1. The minimum atomic E-state index is 0.159. The molecule has 0 radical (unpaired) electrons. The predicted molar refractivity (Wildman–Crippen MR) is 100 cm³/mol. The van der Waals surface area contributed by atoms with E-state index < -0.39 is 0 Å². The fourth-order valence-corrected chi connectivity index (χ4v) is 3.55. The Balaban J connectivity index is 1.61. The van der Waals surface area contributed by atoms with E-state index in [1.54, 1.807) is 11.3 Å². The van der Waals surface area contributed by atoms with Gasteiger partial charge >= 0.3 is 0 Å². The molecule has 2 aromatic rings. The van der Waals surface area contributed by atoms with Gasteiger partial charge in [-0.3, -0.25) is 4.79 Å². The van der Waals surface area contributed by atoms with Gasteiger partial charge in [-0.05, 0) is 13.8 Å². The summed E-state index contributed by atoms with van der Waals surface area (Å²) in [6.45, 7) is 11.2. The summed E-state index contributed by atoms with van der Waals surface area (Å²) in [5.74, 6) is 2.32. The first-order valence-electron chi connectivity index (χ1n) is 8.71. The lowest BCUT2D eigenvalue weighted by Gasteiger charge is -2.35. The van der Waals surface area contributed by atoms with Gasteiger partial charge in [-0.15, -0.1) is 11.3 Å². The average Bonchev–Trinajstić information content (AvgIpc) is 2.99. The van der Waals surface area contributed by atoms with Crippen molar-refractivity contribution in [2.75, 3.05) is 31.1 Å². The Morgan fingerprint density at radius 2 is 1.88 bits per heavy atom. The molecule has 0 atom stereocenters. The van der Waals surface area contributed by atoms with Gasteiger partial charge in [-0.2, -0.15) is 0 Å². The number of thiazole rings is 1. The molecule has 1 aliphatic rings. The zero-order valence-corrected chi connectivity index (χ0v) is 16.1. The average molecular weight is 359 g/mol. The molecule has 7 heteroatoms. The number of carbonyl (C=O) groups is 1. The zero-order valence-electron chi connectivity index (χ0n) is 15.3. The highest BCUT2D eigenvalue weighted by atomic mass is 32.1. The molecule has 6 nitrogen and oxygen atoms in total. The van der Waals surface area contributed by atoms with E-state index in [9.17, 15) is 4.79 Å². The first-order valence-corrected chi connectivity index (χ1v) is 9.59. The molecule has 1 saturated heterocycles. The summed E-state index contributed by atoms with van der Waals surface area (Å²) in [6.07, 6.45) is 0.397. The van der Waals surface area contributed by atoms with Crippen LogP contribution in [0.3, 0.4) is 0 Å². The highest BCUT2D eigenvalue weighted by Crippen LogP contribution is 2.19. The summed E-state index contributed by atoms with van der Waals surface area (Å²) in [5.41, 5.74) is 1.87. The van der Waals surface area contributed by atoms with Crippen LogP contribution in [0.4, 0.5) is 5.82 Å². The van der Waals surface area contributed by atoms with E-state index in [1.165, 1.54) is 0 Å². The fraction of sp³-hybridized carbons (Fsp3) is 0.556. The summed E-state index contributed by atoms with van der Waals surface area (Å²) in [4.78, 5) is 30.2. The highest BCUT2D eigenvalue weighted by Gasteiger charge is 2.23. The van der Waals surface area contributed by atoms with Gasteiger partial charge < -0.3 is 9.80 Å². The molecule has 0 spiro atoms. The van der Waals surface area contributed by atoms with Gasteiger partial charge in [0.25, 0.3) is 0 Å². The number of nitrogens with zero attached hydrogens (tertiary/aromatic N) is 5. The summed E-state index contributed by atoms with van der Waals surface area (Å²) in [6, 6.07) is 2.03. The Hall–Kier alpha value is -2.02. The molecule has 0 unspecified atom stereocenters. The second-order valence-corrected chi connectivity index (χ2v) is 7.85. The summed E-state index contributed by atoms with van der Waals surface area (Å²) >= 11 is 1.59. The van der Waals surface area contributed by atoms with Gasteiger partial charge in [0.05, 0.1) is 17.1 Å². The largest absolute Gasteiger partial charge is 0.353 e. The molecule has 0 aromatic carbocycles. The van der Waals surface area contributed by atoms with Gasteiger partial charge in [0.2, 0.25) is 5.91 Å². The number of hydrogen-bond acceptors (Lipinski definition) is 6. The standard InChI is InChI=1S/C18H25N5OS/c1-12(2)18-19-13(3)9-16(21-18)22-5-7-23(8-6-22)17(24)10-15-11-25-14(4)20-15/h9,11-12H,5-8,10H2,1-4H3. The van der Waals surface area contributed by atoms with Gasteiger partial charge in [0, 0.05) is 49.2 Å². The lowest BCUT2D eigenvalue weighted by Crippen LogP contribution is -2.49. The lowest BCUT2D eigenvalue weighted by atomic mass is 10.2. The van der Waals surface area contributed by atoms with E-state index in [0.717, 1.165) is 54.2 Å². The van der Waals surface area contributed by atoms with Crippen molar-refractivity contribution in [2.24, 2.45) is 0 Å². The smallest absolute Gasteiger partial charge is 0.228 e. The minimum Gasteiger partial charge on any atom is -0.353 e. The molecule has 0 N–H and O–H groups in total. The van der Waals surface area contributed by atoms with Crippen LogP contribution in [-0.2, 0) is 11.2 Å². The molecular weight excluding hydrogens is 334 g/mol. The van der Waals surface area contributed by atoms with E-state index >= 15 is 0 Å². The second-order valence-electron chi connectivity index (χ2n) is 6.78.